The summed E-state index contributed by atoms with van der Waals surface area (Å²) in [6, 6.07) is 20.8. The van der Waals surface area contributed by atoms with Gasteiger partial charge in [-0.05, 0) is 72.3 Å². The van der Waals surface area contributed by atoms with Gasteiger partial charge < -0.3 is 9.47 Å². The number of hydrogen-bond acceptors (Lipinski definition) is 5. The van der Waals surface area contributed by atoms with E-state index in [0.717, 1.165) is 14.5 Å². The van der Waals surface area contributed by atoms with Crippen LogP contribution in [0.2, 0.25) is 0 Å². The van der Waals surface area contributed by atoms with Crippen molar-refractivity contribution < 1.29 is 19.1 Å². The van der Waals surface area contributed by atoms with Gasteiger partial charge in [-0.1, -0.05) is 37.9 Å². The summed E-state index contributed by atoms with van der Waals surface area (Å²) in [5.74, 6) is 0.163. The maximum atomic E-state index is 12.1. The van der Waals surface area contributed by atoms with E-state index in [0.29, 0.717) is 17.1 Å². The Kier molecular flexibility index (Phi) is 7.75. The van der Waals surface area contributed by atoms with Gasteiger partial charge in [-0.2, -0.15) is 5.10 Å². The lowest BCUT2D eigenvalue weighted by molar-refractivity contribution is -0.123. The molecule has 3 rings (SSSR count). The number of rotatable bonds is 7. The van der Waals surface area contributed by atoms with Crippen LogP contribution in [0.3, 0.4) is 0 Å². The molecule has 152 valence electrons. The summed E-state index contributed by atoms with van der Waals surface area (Å²) >= 11 is 6.66. The Balaban J connectivity index is 1.46. The molecule has 1 amide bonds. The van der Waals surface area contributed by atoms with Crippen molar-refractivity contribution in [1.82, 2.24) is 5.43 Å². The molecule has 0 saturated carbocycles. The van der Waals surface area contributed by atoms with Gasteiger partial charge in [0.25, 0.3) is 5.91 Å². The molecule has 0 bridgehead atoms. The molecule has 0 spiro atoms. The van der Waals surface area contributed by atoms with Crippen LogP contribution in [-0.2, 0) is 4.79 Å². The number of nitrogens with one attached hydrogen (secondary N) is 1. The fraction of sp³-hybridized carbons (Fsp3) is 0.0455. The molecule has 6 nitrogen and oxygen atoms in total. The number of carbonyl (C=O) groups is 2. The quantitative estimate of drug-likeness (QED) is 0.202. The summed E-state index contributed by atoms with van der Waals surface area (Å²) in [6.07, 6.45) is 1.48. The van der Waals surface area contributed by atoms with E-state index in [1.54, 1.807) is 60.7 Å². The van der Waals surface area contributed by atoms with Crippen LogP contribution in [0, 0.1) is 0 Å². The molecule has 0 saturated heterocycles. The molecule has 0 aromatic heterocycles. The summed E-state index contributed by atoms with van der Waals surface area (Å²) in [6.45, 7) is -0.154. The molecule has 0 fully saturated rings. The molecule has 8 heteroatoms. The van der Waals surface area contributed by atoms with Crippen molar-refractivity contribution in [1.29, 1.82) is 0 Å². The molecule has 0 unspecified atom stereocenters. The van der Waals surface area contributed by atoms with Crippen LogP contribution in [0.15, 0.2) is 86.8 Å². The Morgan fingerprint density at radius 3 is 2.33 bits per heavy atom. The van der Waals surface area contributed by atoms with Gasteiger partial charge in [0.2, 0.25) is 0 Å². The van der Waals surface area contributed by atoms with Crippen LogP contribution < -0.4 is 14.9 Å². The van der Waals surface area contributed by atoms with Gasteiger partial charge in [0.05, 0.1) is 11.8 Å². The van der Waals surface area contributed by atoms with E-state index in [1.165, 1.54) is 6.21 Å². The molecule has 3 aromatic carbocycles. The Morgan fingerprint density at radius 2 is 1.63 bits per heavy atom. The molecule has 3 aromatic rings. The van der Waals surface area contributed by atoms with Gasteiger partial charge in [-0.25, -0.2) is 10.2 Å². The maximum absolute atomic E-state index is 12.1. The molecular formula is C22H16Br2N2O4. The lowest BCUT2D eigenvalue weighted by Gasteiger charge is -2.05. The summed E-state index contributed by atoms with van der Waals surface area (Å²) in [4.78, 5) is 23.9. The van der Waals surface area contributed by atoms with Crippen LogP contribution in [-0.4, -0.2) is 24.7 Å². The molecule has 0 aliphatic rings. The van der Waals surface area contributed by atoms with Crippen molar-refractivity contribution in [2.75, 3.05) is 6.61 Å². The van der Waals surface area contributed by atoms with Crippen molar-refractivity contribution in [3.8, 4) is 11.5 Å². The zero-order valence-corrected chi connectivity index (χ0v) is 18.7. The fourth-order valence-electron chi connectivity index (χ4n) is 2.29. The number of nitrogens with zero attached hydrogens (tertiary/aromatic N) is 1. The second-order valence-electron chi connectivity index (χ2n) is 6.00. The first-order valence-corrected chi connectivity index (χ1v) is 10.4. The molecule has 0 atom stereocenters. The Labute approximate surface area is 190 Å². The van der Waals surface area contributed by atoms with Crippen LogP contribution >= 0.6 is 31.9 Å². The molecule has 0 heterocycles. The van der Waals surface area contributed by atoms with E-state index in [4.69, 9.17) is 9.47 Å². The zero-order valence-electron chi connectivity index (χ0n) is 15.5. The summed E-state index contributed by atoms with van der Waals surface area (Å²) in [7, 11) is 0. The molecular weight excluding hydrogens is 516 g/mol. The minimum Gasteiger partial charge on any atom is -0.484 e. The Hall–Kier alpha value is -2.97. The normalized spacial score (nSPS) is 10.6. The summed E-state index contributed by atoms with van der Waals surface area (Å²) in [5.41, 5.74) is 3.58. The van der Waals surface area contributed by atoms with Gasteiger partial charge in [0.1, 0.15) is 11.5 Å². The number of esters is 1. The predicted molar refractivity (Wildman–Crippen MR) is 121 cm³/mol. The lowest BCUT2D eigenvalue weighted by Crippen LogP contribution is -2.24. The molecule has 0 aliphatic carbocycles. The van der Waals surface area contributed by atoms with Crippen LogP contribution in [0.25, 0.3) is 0 Å². The minimum absolute atomic E-state index is 0.154. The van der Waals surface area contributed by atoms with Crippen LogP contribution in [0.4, 0.5) is 0 Å². The zero-order chi connectivity index (χ0) is 21.3. The van der Waals surface area contributed by atoms with E-state index >= 15 is 0 Å². The highest BCUT2D eigenvalue weighted by Crippen LogP contribution is 2.18. The maximum Gasteiger partial charge on any atom is 0.343 e. The number of hydrogen-bond donors (Lipinski definition) is 1. The highest BCUT2D eigenvalue weighted by atomic mass is 79.9. The summed E-state index contributed by atoms with van der Waals surface area (Å²) in [5, 5.41) is 3.89. The second-order valence-corrected chi connectivity index (χ2v) is 7.84. The van der Waals surface area contributed by atoms with Crippen molar-refractivity contribution in [3.05, 3.63) is 92.9 Å². The van der Waals surface area contributed by atoms with E-state index in [-0.39, 0.29) is 12.5 Å². The minimum atomic E-state index is -0.443. The first-order chi connectivity index (χ1) is 14.5. The van der Waals surface area contributed by atoms with Gasteiger partial charge in [-0.15, -0.1) is 0 Å². The summed E-state index contributed by atoms with van der Waals surface area (Å²) < 4.78 is 12.5. The SMILES string of the molecule is O=C(COc1cccc(Br)c1)NN=Cc1ccc(OC(=O)c2ccc(Br)cc2)cc1. The molecule has 1 N–H and O–H groups in total. The molecule has 0 radical (unpaired) electrons. The Morgan fingerprint density at radius 1 is 0.900 bits per heavy atom. The van der Waals surface area contributed by atoms with Crippen molar-refractivity contribution in [2.24, 2.45) is 5.10 Å². The average Bonchev–Trinajstić information content (AvgIpc) is 2.74. The van der Waals surface area contributed by atoms with Gasteiger partial charge >= 0.3 is 5.97 Å². The highest BCUT2D eigenvalue weighted by Gasteiger charge is 2.08. The third kappa shape index (κ3) is 6.82. The fourth-order valence-corrected chi connectivity index (χ4v) is 2.93. The van der Waals surface area contributed by atoms with Crippen molar-refractivity contribution >= 4 is 50.0 Å². The highest BCUT2D eigenvalue weighted by molar-refractivity contribution is 9.10. The van der Waals surface area contributed by atoms with Crippen molar-refractivity contribution in [3.63, 3.8) is 0 Å². The van der Waals surface area contributed by atoms with Gasteiger partial charge in [0, 0.05) is 8.95 Å². The second kappa shape index (κ2) is 10.7. The number of ether oxygens (including phenoxy) is 2. The monoisotopic (exact) mass is 530 g/mol. The van der Waals surface area contributed by atoms with E-state index in [1.807, 2.05) is 12.1 Å². The standard InChI is InChI=1S/C22H16Br2N2O4/c23-17-8-6-16(7-9-17)22(28)30-19-10-4-15(5-11-19)13-25-26-21(27)14-29-20-3-1-2-18(24)12-20/h1-13H,14H2,(H,26,27). The predicted octanol–water partition coefficient (Wildman–Crippen LogP) is 4.96. The smallest absolute Gasteiger partial charge is 0.343 e. The average molecular weight is 532 g/mol. The van der Waals surface area contributed by atoms with Crippen molar-refractivity contribution in [2.45, 2.75) is 0 Å². The van der Waals surface area contributed by atoms with E-state index in [9.17, 15) is 9.59 Å². The van der Waals surface area contributed by atoms with E-state index < -0.39 is 5.97 Å². The first-order valence-electron chi connectivity index (χ1n) is 8.78. The van der Waals surface area contributed by atoms with Gasteiger partial charge in [-0.3, -0.25) is 4.79 Å². The van der Waals surface area contributed by atoms with Crippen LogP contribution in [0.5, 0.6) is 11.5 Å². The number of amides is 1. The third-order valence-electron chi connectivity index (χ3n) is 3.74. The number of halogens is 2. The van der Waals surface area contributed by atoms with E-state index in [2.05, 4.69) is 42.4 Å². The largest absolute Gasteiger partial charge is 0.484 e. The molecule has 0 aliphatic heterocycles. The number of hydrazone groups is 1. The number of carbonyl (C=O) groups excluding carboxylic acids is 2. The lowest BCUT2D eigenvalue weighted by atomic mass is 10.2. The van der Waals surface area contributed by atoms with Crippen LogP contribution in [0.1, 0.15) is 15.9 Å². The topological polar surface area (TPSA) is 77.0 Å². The molecule has 30 heavy (non-hydrogen) atoms. The first kappa shape index (κ1) is 21.7. The third-order valence-corrected chi connectivity index (χ3v) is 4.76. The Bertz CT molecular complexity index is 1050. The number of benzene rings is 3. The van der Waals surface area contributed by atoms with Gasteiger partial charge in [0.15, 0.2) is 6.61 Å².